The molecule has 1 fully saturated rings. The zero-order valence-corrected chi connectivity index (χ0v) is 13.9. The minimum absolute atomic E-state index is 0.551. The van der Waals surface area contributed by atoms with E-state index in [0.717, 1.165) is 31.1 Å². The molecule has 21 heavy (non-hydrogen) atoms. The number of rotatable bonds is 6. The van der Waals surface area contributed by atoms with Crippen LogP contribution < -0.4 is 4.74 Å². The normalized spacial score (nSPS) is 15.7. The van der Waals surface area contributed by atoms with E-state index in [1.54, 1.807) is 0 Å². The molecule has 0 bridgehead atoms. The predicted octanol–water partition coefficient (Wildman–Crippen LogP) is 4.30. The molecule has 0 unspecified atom stereocenters. The van der Waals surface area contributed by atoms with Gasteiger partial charge in [0.05, 0.1) is 6.61 Å². The van der Waals surface area contributed by atoms with Crippen molar-refractivity contribution in [2.75, 3.05) is 31.2 Å². The smallest absolute Gasteiger partial charge is 0.119 e. The van der Waals surface area contributed by atoms with Crippen LogP contribution in [-0.4, -0.2) is 36.1 Å². The van der Waals surface area contributed by atoms with Gasteiger partial charge in [0, 0.05) is 30.3 Å². The number of nitrogens with zero attached hydrogens (tertiary/aromatic N) is 1. The Bertz CT molecular complexity index is 472. The maximum atomic E-state index is 5.69. The van der Waals surface area contributed by atoms with Gasteiger partial charge in [-0.2, -0.15) is 11.8 Å². The van der Waals surface area contributed by atoms with Gasteiger partial charge >= 0.3 is 0 Å². The minimum Gasteiger partial charge on any atom is -0.493 e. The van der Waals surface area contributed by atoms with Crippen LogP contribution in [0.25, 0.3) is 6.08 Å². The molecule has 2 rings (SSSR count). The number of ether oxygens (including phenoxy) is 1. The van der Waals surface area contributed by atoms with E-state index in [4.69, 9.17) is 4.74 Å². The SMILES string of the molecule is C=C(/C=C/c1ccc(OCC(C)C)cc1)N1CCSCC1. The molecule has 0 amide bonds. The Morgan fingerprint density at radius 3 is 2.57 bits per heavy atom. The van der Waals surface area contributed by atoms with Crippen molar-refractivity contribution in [1.29, 1.82) is 0 Å². The van der Waals surface area contributed by atoms with Crippen molar-refractivity contribution in [2.45, 2.75) is 13.8 Å². The summed E-state index contributed by atoms with van der Waals surface area (Å²) >= 11 is 2.02. The van der Waals surface area contributed by atoms with Crippen molar-refractivity contribution in [3.8, 4) is 5.75 Å². The molecule has 0 aromatic heterocycles. The molecule has 1 aromatic rings. The summed E-state index contributed by atoms with van der Waals surface area (Å²) in [6, 6.07) is 8.24. The fourth-order valence-corrected chi connectivity index (χ4v) is 2.99. The number of allylic oxidation sites excluding steroid dienone is 1. The number of hydrogen-bond donors (Lipinski definition) is 0. The number of hydrogen-bond acceptors (Lipinski definition) is 3. The van der Waals surface area contributed by atoms with Crippen LogP contribution in [-0.2, 0) is 0 Å². The maximum absolute atomic E-state index is 5.69. The molecule has 3 heteroatoms. The van der Waals surface area contributed by atoms with E-state index >= 15 is 0 Å². The van der Waals surface area contributed by atoms with Gasteiger partial charge in [-0.15, -0.1) is 0 Å². The first-order chi connectivity index (χ1) is 10.1. The summed E-state index contributed by atoms with van der Waals surface area (Å²) in [5, 5.41) is 0. The fourth-order valence-electron chi connectivity index (χ4n) is 2.09. The van der Waals surface area contributed by atoms with E-state index in [2.05, 4.69) is 49.6 Å². The summed E-state index contributed by atoms with van der Waals surface area (Å²) in [4.78, 5) is 2.35. The average Bonchev–Trinajstić information content (AvgIpc) is 2.52. The first-order valence-corrected chi connectivity index (χ1v) is 8.73. The summed E-state index contributed by atoms with van der Waals surface area (Å²) < 4.78 is 5.69. The monoisotopic (exact) mass is 303 g/mol. The molecular formula is C18H25NOS. The molecule has 0 saturated carbocycles. The molecule has 1 aromatic carbocycles. The van der Waals surface area contributed by atoms with Gasteiger partial charge in [-0.3, -0.25) is 0 Å². The lowest BCUT2D eigenvalue weighted by Crippen LogP contribution is -2.30. The number of benzene rings is 1. The van der Waals surface area contributed by atoms with Crippen LogP contribution in [0.5, 0.6) is 5.75 Å². The first-order valence-electron chi connectivity index (χ1n) is 7.57. The predicted molar refractivity (Wildman–Crippen MR) is 93.8 cm³/mol. The second kappa shape index (κ2) is 8.18. The standard InChI is InChI=1S/C18H25NOS/c1-15(2)14-20-18-8-6-17(7-9-18)5-4-16(3)19-10-12-21-13-11-19/h4-9,15H,3,10-14H2,1-2H3/b5-4+. The Hall–Kier alpha value is -1.35. The molecule has 2 nitrogen and oxygen atoms in total. The molecule has 1 aliphatic heterocycles. The summed E-state index contributed by atoms with van der Waals surface area (Å²) in [6.45, 7) is 11.5. The maximum Gasteiger partial charge on any atom is 0.119 e. The van der Waals surface area contributed by atoms with Gasteiger partial charge in [-0.1, -0.05) is 38.6 Å². The van der Waals surface area contributed by atoms with Crippen LogP contribution in [0, 0.1) is 5.92 Å². The Kier molecular flexibility index (Phi) is 6.24. The first kappa shape index (κ1) is 16.0. The highest BCUT2D eigenvalue weighted by Gasteiger charge is 2.09. The van der Waals surface area contributed by atoms with E-state index < -0.39 is 0 Å². The number of thioether (sulfide) groups is 1. The topological polar surface area (TPSA) is 12.5 Å². The Morgan fingerprint density at radius 1 is 1.29 bits per heavy atom. The Morgan fingerprint density at radius 2 is 1.95 bits per heavy atom. The van der Waals surface area contributed by atoms with Gasteiger partial charge in [0.1, 0.15) is 5.75 Å². The lowest BCUT2D eigenvalue weighted by Gasteiger charge is -2.28. The van der Waals surface area contributed by atoms with Gasteiger partial charge in [0.25, 0.3) is 0 Å². The highest BCUT2D eigenvalue weighted by molar-refractivity contribution is 7.99. The Labute approximate surface area is 132 Å². The molecular weight excluding hydrogens is 278 g/mol. The highest BCUT2D eigenvalue weighted by Crippen LogP contribution is 2.17. The van der Waals surface area contributed by atoms with Crippen molar-refractivity contribution in [2.24, 2.45) is 5.92 Å². The second-order valence-electron chi connectivity index (χ2n) is 5.70. The average molecular weight is 303 g/mol. The van der Waals surface area contributed by atoms with Crippen molar-refractivity contribution in [3.63, 3.8) is 0 Å². The van der Waals surface area contributed by atoms with Gasteiger partial charge in [-0.05, 0) is 29.7 Å². The van der Waals surface area contributed by atoms with Crippen molar-refractivity contribution in [1.82, 2.24) is 4.90 Å². The van der Waals surface area contributed by atoms with Crippen LogP contribution in [0.1, 0.15) is 19.4 Å². The van der Waals surface area contributed by atoms with Crippen LogP contribution in [0.2, 0.25) is 0 Å². The summed E-state index contributed by atoms with van der Waals surface area (Å²) in [6.07, 6.45) is 4.23. The summed E-state index contributed by atoms with van der Waals surface area (Å²) in [5.41, 5.74) is 2.29. The van der Waals surface area contributed by atoms with Crippen LogP contribution in [0.4, 0.5) is 0 Å². The molecule has 0 atom stereocenters. The third-order valence-corrected chi connectivity index (χ3v) is 4.29. The van der Waals surface area contributed by atoms with E-state index in [1.807, 2.05) is 23.9 Å². The zero-order chi connectivity index (χ0) is 15.1. The third-order valence-electron chi connectivity index (χ3n) is 3.35. The van der Waals surface area contributed by atoms with Gasteiger partial charge in [0.2, 0.25) is 0 Å². The zero-order valence-electron chi connectivity index (χ0n) is 13.0. The highest BCUT2D eigenvalue weighted by atomic mass is 32.2. The lowest BCUT2D eigenvalue weighted by molar-refractivity contribution is 0.271. The van der Waals surface area contributed by atoms with Gasteiger partial charge in [0.15, 0.2) is 0 Å². The molecule has 1 heterocycles. The molecule has 0 aliphatic carbocycles. The molecule has 0 N–H and O–H groups in total. The van der Waals surface area contributed by atoms with Gasteiger partial charge < -0.3 is 9.64 Å². The molecule has 0 spiro atoms. The quantitative estimate of drug-likeness (QED) is 0.727. The second-order valence-corrected chi connectivity index (χ2v) is 6.92. The largest absolute Gasteiger partial charge is 0.493 e. The van der Waals surface area contributed by atoms with E-state index in [1.165, 1.54) is 17.1 Å². The van der Waals surface area contributed by atoms with Crippen LogP contribution >= 0.6 is 11.8 Å². The lowest BCUT2D eigenvalue weighted by atomic mass is 10.2. The van der Waals surface area contributed by atoms with E-state index in [9.17, 15) is 0 Å². The third kappa shape index (κ3) is 5.50. The van der Waals surface area contributed by atoms with E-state index in [0.29, 0.717) is 5.92 Å². The van der Waals surface area contributed by atoms with Gasteiger partial charge in [-0.25, -0.2) is 0 Å². The molecule has 0 radical (unpaired) electrons. The van der Waals surface area contributed by atoms with Crippen molar-refractivity contribution < 1.29 is 4.74 Å². The van der Waals surface area contributed by atoms with E-state index in [-0.39, 0.29) is 0 Å². The molecule has 1 saturated heterocycles. The van der Waals surface area contributed by atoms with Crippen molar-refractivity contribution in [3.05, 3.63) is 48.2 Å². The van der Waals surface area contributed by atoms with Crippen molar-refractivity contribution >= 4 is 17.8 Å². The van der Waals surface area contributed by atoms with Crippen LogP contribution in [0.15, 0.2) is 42.6 Å². The fraction of sp³-hybridized carbons (Fsp3) is 0.444. The van der Waals surface area contributed by atoms with Crippen LogP contribution in [0.3, 0.4) is 0 Å². The minimum atomic E-state index is 0.551. The molecule has 1 aliphatic rings. The molecule has 114 valence electrons. The summed E-state index contributed by atoms with van der Waals surface area (Å²) in [7, 11) is 0. The Balaban J connectivity index is 1.87. The summed E-state index contributed by atoms with van der Waals surface area (Å²) in [5.74, 6) is 3.90.